The van der Waals surface area contributed by atoms with Crippen LogP contribution in [0, 0.1) is 11.7 Å². The summed E-state index contributed by atoms with van der Waals surface area (Å²) in [6.07, 6.45) is 2.36. The zero-order valence-corrected chi connectivity index (χ0v) is 20.2. The van der Waals surface area contributed by atoms with Crippen LogP contribution in [0.1, 0.15) is 19.4 Å². The first-order valence-electron chi connectivity index (χ1n) is 10.5. The van der Waals surface area contributed by atoms with E-state index in [1.807, 2.05) is 26.0 Å². The number of carbonyl (C=O) groups is 3. The zero-order valence-electron chi connectivity index (χ0n) is 18.7. The molecule has 11 heteroatoms. The lowest BCUT2D eigenvalue weighted by molar-refractivity contribution is -0.147. The normalized spacial score (nSPS) is 14.9. The standard InChI is InChI=1S/C24H19ClFN3O5S/c1-13(2)12-33-20(30)11-29-22(31)19(35-24(29)32)9-16-15-6-4-3-5-14(15)7-8-18(16)34-21-17(26)10-27-23(25)28-21/h3-10,13H,11-12H2,1-2H3/b19-9+. The molecule has 1 aliphatic rings. The highest BCUT2D eigenvalue weighted by Gasteiger charge is 2.37. The summed E-state index contributed by atoms with van der Waals surface area (Å²) in [5.41, 5.74) is 0.421. The van der Waals surface area contributed by atoms with Gasteiger partial charge in [0.25, 0.3) is 17.0 Å². The topological polar surface area (TPSA) is 98.7 Å². The van der Waals surface area contributed by atoms with Gasteiger partial charge in [0.15, 0.2) is 0 Å². The number of nitrogens with zero attached hydrogens (tertiary/aromatic N) is 3. The molecule has 0 spiro atoms. The molecule has 35 heavy (non-hydrogen) atoms. The van der Waals surface area contributed by atoms with Crippen molar-refractivity contribution in [3.63, 3.8) is 0 Å². The minimum absolute atomic E-state index is 0.0778. The number of thioether (sulfide) groups is 1. The molecule has 2 heterocycles. The Hall–Kier alpha value is -3.50. The zero-order chi connectivity index (χ0) is 25.1. The highest BCUT2D eigenvalue weighted by Crippen LogP contribution is 2.38. The Morgan fingerprint density at radius 1 is 1.23 bits per heavy atom. The third-order valence-electron chi connectivity index (χ3n) is 4.83. The molecule has 0 aliphatic carbocycles. The maximum absolute atomic E-state index is 14.2. The minimum atomic E-state index is -0.825. The van der Waals surface area contributed by atoms with Crippen LogP contribution in [0.2, 0.25) is 5.28 Å². The van der Waals surface area contributed by atoms with Gasteiger partial charge >= 0.3 is 5.97 Å². The number of hydrogen-bond donors (Lipinski definition) is 0. The van der Waals surface area contributed by atoms with Gasteiger partial charge in [0.05, 0.1) is 17.7 Å². The molecular formula is C24H19ClFN3O5S. The summed E-state index contributed by atoms with van der Waals surface area (Å²) in [6.45, 7) is 3.45. The molecule has 8 nitrogen and oxygen atoms in total. The van der Waals surface area contributed by atoms with Gasteiger partial charge in [0.2, 0.25) is 11.1 Å². The van der Waals surface area contributed by atoms with Crippen LogP contribution < -0.4 is 4.74 Å². The number of amides is 2. The summed E-state index contributed by atoms with van der Waals surface area (Å²) < 4.78 is 25.0. The van der Waals surface area contributed by atoms with E-state index in [0.717, 1.165) is 16.5 Å². The fourth-order valence-corrected chi connectivity index (χ4v) is 4.17. The molecule has 4 rings (SSSR count). The molecule has 0 radical (unpaired) electrons. The number of hydrogen-bond acceptors (Lipinski definition) is 8. The van der Waals surface area contributed by atoms with Gasteiger partial charge in [-0.1, -0.05) is 44.2 Å². The Morgan fingerprint density at radius 3 is 2.77 bits per heavy atom. The van der Waals surface area contributed by atoms with Crippen molar-refractivity contribution in [2.45, 2.75) is 13.8 Å². The van der Waals surface area contributed by atoms with Crippen LogP contribution in [0.5, 0.6) is 11.6 Å². The number of ether oxygens (including phenoxy) is 2. The molecule has 0 bridgehead atoms. The van der Waals surface area contributed by atoms with Gasteiger partial charge in [-0.25, -0.2) is 4.98 Å². The van der Waals surface area contributed by atoms with E-state index in [9.17, 15) is 18.8 Å². The predicted octanol–water partition coefficient (Wildman–Crippen LogP) is 5.45. The lowest BCUT2D eigenvalue weighted by Gasteiger charge is -2.13. The van der Waals surface area contributed by atoms with Gasteiger partial charge in [-0.15, -0.1) is 0 Å². The maximum atomic E-state index is 14.2. The summed E-state index contributed by atoms with van der Waals surface area (Å²) in [4.78, 5) is 45.8. The summed E-state index contributed by atoms with van der Waals surface area (Å²) >= 11 is 6.46. The minimum Gasteiger partial charge on any atom is -0.464 e. The number of carbonyl (C=O) groups excluding carboxylic acids is 3. The van der Waals surface area contributed by atoms with Crippen molar-refractivity contribution >= 4 is 57.3 Å². The van der Waals surface area contributed by atoms with Crippen LogP contribution in [0.15, 0.2) is 47.5 Å². The summed E-state index contributed by atoms with van der Waals surface area (Å²) in [5, 5.41) is 0.714. The van der Waals surface area contributed by atoms with Gasteiger partial charge in [-0.2, -0.15) is 9.37 Å². The molecule has 1 saturated heterocycles. The molecule has 1 aromatic heterocycles. The smallest absolute Gasteiger partial charge is 0.326 e. The summed E-state index contributed by atoms with van der Waals surface area (Å²) in [6, 6.07) is 10.6. The number of rotatable bonds is 7. The van der Waals surface area contributed by atoms with Gasteiger partial charge in [0.1, 0.15) is 12.3 Å². The average molecular weight is 516 g/mol. The lowest BCUT2D eigenvalue weighted by Crippen LogP contribution is -2.34. The van der Waals surface area contributed by atoms with Crippen molar-refractivity contribution in [2.75, 3.05) is 13.2 Å². The number of benzene rings is 2. The Labute approximate surface area is 209 Å². The third-order valence-corrected chi connectivity index (χ3v) is 5.92. The van der Waals surface area contributed by atoms with Crippen LogP contribution in [0.4, 0.5) is 9.18 Å². The quantitative estimate of drug-likeness (QED) is 0.233. The fraction of sp³-hybridized carbons (Fsp3) is 0.208. The predicted molar refractivity (Wildman–Crippen MR) is 129 cm³/mol. The van der Waals surface area contributed by atoms with E-state index in [-0.39, 0.29) is 28.5 Å². The second kappa shape index (κ2) is 10.4. The Balaban J connectivity index is 1.69. The fourth-order valence-electron chi connectivity index (χ4n) is 3.22. The first-order valence-corrected chi connectivity index (χ1v) is 11.7. The Morgan fingerprint density at radius 2 is 2.00 bits per heavy atom. The van der Waals surface area contributed by atoms with E-state index in [4.69, 9.17) is 21.1 Å². The van der Waals surface area contributed by atoms with Gasteiger partial charge in [-0.05, 0) is 52.2 Å². The molecule has 3 aromatic rings. The summed E-state index contributed by atoms with van der Waals surface area (Å²) in [5.74, 6) is -2.23. The second-order valence-electron chi connectivity index (χ2n) is 7.94. The van der Waals surface area contributed by atoms with Crippen LogP contribution in [-0.2, 0) is 14.3 Å². The van der Waals surface area contributed by atoms with Crippen LogP contribution in [0.3, 0.4) is 0 Å². The van der Waals surface area contributed by atoms with Crippen molar-refractivity contribution in [1.82, 2.24) is 14.9 Å². The number of esters is 1. The van der Waals surface area contributed by atoms with Crippen LogP contribution in [-0.4, -0.2) is 45.1 Å². The van der Waals surface area contributed by atoms with Crippen molar-refractivity contribution in [2.24, 2.45) is 5.92 Å². The SMILES string of the molecule is CC(C)COC(=O)CN1C(=O)S/C(=C/c2c(Oc3nc(Cl)ncc3F)ccc3ccccc23)C1=O. The first-order chi connectivity index (χ1) is 16.7. The number of imide groups is 1. The number of aromatic nitrogens is 2. The van der Waals surface area contributed by atoms with E-state index in [0.29, 0.717) is 22.7 Å². The van der Waals surface area contributed by atoms with E-state index >= 15 is 0 Å². The van der Waals surface area contributed by atoms with Gasteiger partial charge < -0.3 is 9.47 Å². The highest BCUT2D eigenvalue weighted by atomic mass is 35.5. The molecule has 0 saturated carbocycles. The molecule has 1 fully saturated rings. The number of fused-ring (bicyclic) bond motifs is 1. The Kier molecular flexibility index (Phi) is 7.32. The van der Waals surface area contributed by atoms with Crippen molar-refractivity contribution in [1.29, 1.82) is 0 Å². The monoisotopic (exact) mass is 515 g/mol. The van der Waals surface area contributed by atoms with Crippen molar-refractivity contribution < 1.29 is 28.2 Å². The number of halogens is 2. The van der Waals surface area contributed by atoms with Gasteiger partial charge in [-0.3, -0.25) is 19.3 Å². The van der Waals surface area contributed by atoms with Crippen molar-refractivity contribution in [3.05, 3.63) is 64.2 Å². The second-order valence-corrected chi connectivity index (χ2v) is 9.27. The van der Waals surface area contributed by atoms with E-state index in [2.05, 4.69) is 9.97 Å². The molecule has 180 valence electrons. The average Bonchev–Trinajstić information content (AvgIpc) is 3.08. The van der Waals surface area contributed by atoms with Crippen LogP contribution >= 0.6 is 23.4 Å². The molecule has 2 amide bonds. The molecule has 2 aromatic carbocycles. The molecule has 0 N–H and O–H groups in total. The largest absolute Gasteiger partial charge is 0.464 e. The Bertz CT molecular complexity index is 1360. The first kappa shape index (κ1) is 24.6. The summed E-state index contributed by atoms with van der Waals surface area (Å²) in [7, 11) is 0. The highest BCUT2D eigenvalue weighted by molar-refractivity contribution is 8.18. The maximum Gasteiger partial charge on any atom is 0.326 e. The van der Waals surface area contributed by atoms with E-state index < -0.39 is 35.4 Å². The van der Waals surface area contributed by atoms with Crippen LogP contribution in [0.25, 0.3) is 16.8 Å². The van der Waals surface area contributed by atoms with Gasteiger partial charge in [0, 0.05) is 5.56 Å². The van der Waals surface area contributed by atoms with E-state index in [1.54, 1.807) is 24.3 Å². The molecular weight excluding hydrogens is 497 g/mol. The molecule has 1 aliphatic heterocycles. The van der Waals surface area contributed by atoms with Crippen molar-refractivity contribution in [3.8, 4) is 11.6 Å². The molecule has 0 atom stereocenters. The molecule has 0 unspecified atom stereocenters. The lowest BCUT2D eigenvalue weighted by atomic mass is 10.0. The van der Waals surface area contributed by atoms with E-state index in [1.165, 1.54) is 6.08 Å². The third kappa shape index (κ3) is 5.60.